The number of halogens is 1. The quantitative estimate of drug-likeness (QED) is 0.328. The Labute approximate surface area is 215 Å². The van der Waals surface area contributed by atoms with Gasteiger partial charge in [-0.05, 0) is 99.6 Å². The normalized spacial score (nSPS) is 10.9. The number of anilines is 2. The standard InChI is InChI=1S/C26H27ClN6OS/c1-5-32(6-2)20-10-11-24(17(4)12-20)33-30-22-13-16(3)21(15-23(22)31-33)28-26(35)29-25(34)18-8-7-9-19(27)14-18/h7-15H,5-6H2,1-4H3,(H2,28,29,34,35). The van der Waals surface area contributed by atoms with Crippen LogP contribution in [0.15, 0.2) is 54.6 Å². The molecule has 0 spiro atoms. The molecular formula is C26H27ClN6OS. The van der Waals surface area contributed by atoms with Crippen LogP contribution in [-0.2, 0) is 0 Å². The molecule has 0 aliphatic carbocycles. The highest BCUT2D eigenvalue weighted by molar-refractivity contribution is 7.80. The lowest BCUT2D eigenvalue weighted by molar-refractivity contribution is 0.0977. The van der Waals surface area contributed by atoms with E-state index in [1.54, 1.807) is 29.1 Å². The fourth-order valence-electron chi connectivity index (χ4n) is 3.92. The minimum absolute atomic E-state index is 0.188. The summed E-state index contributed by atoms with van der Waals surface area (Å²) in [5.41, 5.74) is 6.79. The molecule has 1 aromatic heterocycles. The number of nitrogens with one attached hydrogen (secondary N) is 2. The maximum Gasteiger partial charge on any atom is 0.257 e. The van der Waals surface area contributed by atoms with Crippen molar-refractivity contribution in [2.45, 2.75) is 27.7 Å². The number of rotatable bonds is 6. The van der Waals surface area contributed by atoms with Crippen molar-refractivity contribution in [3.63, 3.8) is 0 Å². The second-order valence-corrected chi connectivity index (χ2v) is 9.05. The van der Waals surface area contributed by atoms with E-state index in [9.17, 15) is 4.79 Å². The van der Waals surface area contributed by atoms with Crippen LogP contribution in [0.25, 0.3) is 16.7 Å². The van der Waals surface area contributed by atoms with Gasteiger partial charge in [-0.3, -0.25) is 10.1 Å². The summed E-state index contributed by atoms with van der Waals surface area (Å²) in [6.45, 7) is 10.2. The molecule has 0 aliphatic rings. The molecule has 0 unspecified atom stereocenters. The van der Waals surface area contributed by atoms with Crippen LogP contribution in [0.5, 0.6) is 0 Å². The molecule has 0 aliphatic heterocycles. The predicted octanol–water partition coefficient (Wildman–Crippen LogP) is 5.66. The van der Waals surface area contributed by atoms with Crippen molar-refractivity contribution in [2.24, 2.45) is 0 Å². The fourth-order valence-corrected chi connectivity index (χ4v) is 4.31. The van der Waals surface area contributed by atoms with Crippen molar-refractivity contribution in [3.8, 4) is 5.69 Å². The Bertz CT molecular complexity index is 1410. The smallest absolute Gasteiger partial charge is 0.257 e. The number of aromatic nitrogens is 3. The van der Waals surface area contributed by atoms with E-state index < -0.39 is 0 Å². The van der Waals surface area contributed by atoms with Crippen LogP contribution in [0.2, 0.25) is 5.02 Å². The van der Waals surface area contributed by atoms with Crippen LogP contribution >= 0.6 is 23.8 Å². The third kappa shape index (κ3) is 5.44. The molecule has 9 heteroatoms. The van der Waals surface area contributed by atoms with Gasteiger partial charge < -0.3 is 10.2 Å². The van der Waals surface area contributed by atoms with Gasteiger partial charge in [0.25, 0.3) is 5.91 Å². The number of fused-ring (bicyclic) bond motifs is 1. The highest BCUT2D eigenvalue weighted by Gasteiger charge is 2.13. The van der Waals surface area contributed by atoms with Crippen LogP contribution in [0.3, 0.4) is 0 Å². The molecule has 1 heterocycles. The number of aryl methyl sites for hydroxylation is 2. The summed E-state index contributed by atoms with van der Waals surface area (Å²) in [4.78, 5) is 16.4. The monoisotopic (exact) mass is 506 g/mol. The van der Waals surface area contributed by atoms with Crippen LogP contribution in [0.1, 0.15) is 35.3 Å². The molecule has 0 saturated heterocycles. The molecule has 0 fully saturated rings. The average molecular weight is 507 g/mol. The molecule has 4 aromatic rings. The average Bonchev–Trinajstić information content (AvgIpc) is 3.22. The summed E-state index contributed by atoms with van der Waals surface area (Å²) in [6, 6.07) is 16.8. The number of nitrogens with zero attached hydrogens (tertiary/aromatic N) is 4. The van der Waals surface area contributed by atoms with Gasteiger partial charge in [0.2, 0.25) is 0 Å². The van der Waals surface area contributed by atoms with Crippen LogP contribution in [-0.4, -0.2) is 39.1 Å². The van der Waals surface area contributed by atoms with Crippen molar-refractivity contribution in [1.82, 2.24) is 20.3 Å². The molecular weight excluding hydrogens is 480 g/mol. The topological polar surface area (TPSA) is 75.1 Å². The number of thiocarbonyl (C=S) groups is 1. The summed E-state index contributed by atoms with van der Waals surface area (Å²) in [6.07, 6.45) is 0. The third-order valence-corrected chi connectivity index (χ3v) is 6.25. The Morgan fingerprint density at radius 2 is 1.71 bits per heavy atom. The first-order valence-corrected chi connectivity index (χ1v) is 12.2. The summed E-state index contributed by atoms with van der Waals surface area (Å²) < 4.78 is 0. The lowest BCUT2D eigenvalue weighted by Gasteiger charge is -2.22. The van der Waals surface area contributed by atoms with Gasteiger partial charge in [0, 0.05) is 35.1 Å². The second kappa shape index (κ2) is 10.4. The SMILES string of the molecule is CCN(CC)c1ccc(-n2nc3cc(C)c(NC(=S)NC(=O)c4cccc(Cl)c4)cc3n2)c(C)c1. The van der Waals surface area contributed by atoms with Crippen molar-refractivity contribution in [3.05, 3.63) is 76.3 Å². The van der Waals surface area contributed by atoms with Crippen molar-refractivity contribution in [2.75, 3.05) is 23.3 Å². The molecule has 2 N–H and O–H groups in total. The third-order valence-electron chi connectivity index (χ3n) is 5.81. The number of hydrogen-bond donors (Lipinski definition) is 2. The molecule has 0 atom stereocenters. The predicted molar refractivity (Wildman–Crippen MR) is 147 cm³/mol. The van der Waals surface area contributed by atoms with E-state index in [2.05, 4.69) is 53.5 Å². The van der Waals surface area contributed by atoms with Gasteiger partial charge in [0.05, 0.1) is 5.69 Å². The lowest BCUT2D eigenvalue weighted by Crippen LogP contribution is -2.34. The molecule has 4 rings (SSSR count). The van der Waals surface area contributed by atoms with Crippen LogP contribution < -0.4 is 15.5 Å². The minimum atomic E-state index is -0.335. The van der Waals surface area contributed by atoms with E-state index in [4.69, 9.17) is 28.9 Å². The van der Waals surface area contributed by atoms with E-state index in [0.29, 0.717) is 16.1 Å². The fraction of sp³-hybridized carbons (Fsp3) is 0.231. The van der Waals surface area contributed by atoms with Crippen molar-refractivity contribution >= 4 is 57.2 Å². The van der Waals surface area contributed by atoms with Gasteiger partial charge in [-0.25, -0.2) is 0 Å². The highest BCUT2D eigenvalue weighted by atomic mass is 35.5. The first-order valence-electron chi connectivity index (χ1n) is 11.4. The first kappa shape index (κ1) is 24.6. The van der Waals surface area contributed by atoms with E-state index in [-0.39, 0.29) is 11.0 Å². The Morgan fingerprint density at radius 3 is 2.37 bits per heavy atom. The zero-order valence-electron chi connectivity index (χ0n) is 20.1. The van der Waals surface area contributed by atoms with Gasteiger partial charge >= 0.3 is 0 Å². The molecule has 180 valence electrons. The zero-order chi connectivity index (χ0) is 25.1. The number of amides is 1. The summed E-state index contributed by atoms with van der Waals surface area (Å²) in [5, 5.41) is 15.8. The van der Waals surface area contributed by atoms with E-state index in [1.807, 2.05) is 25.1 Å². The number of carbonyl (C=O) groups excluding carboxylic acids is 1. The maximum absolute atomic E-state index is 12.5. The number of hydrogen-bond acceptors (Lipinski definition) is 5. The molecule has 3 aromatic carbocycles. The first-order chi connectivity index (χ1) is 16.8. The Kier molecular flexibility index (Phi) is 7.33. The lowest BCUT2D eigenvalue weighted by atomic mass is 10.1. The molecule has 35 heavy (non-hydrogen) atoms. The highest BCUT2D eigenvalue weighted by Crippen LogP contribution is 2.25. The molecule has 0 bridgehead atoms. The van der Waals surface area contributed by atoms with Gasteiger partial charge in [-0.2, -0.15) is 4.80 Å². The van der Waals surface area contributed by atoms with Crippen molar-refractivity contribution < 1.29 is 4.79 Å². The van der Waals surface area contributed by atoms with E-state index in [0.717, 1.165) is 41.1 Å². The summed E-state index contributed by atoms with van der Waals surface area (Å²) in [7, 11) is 0. The summed E-state index contributed by atoms with van der Waals surface area (Å²) in [5.74, 6) is -0.335. The minimum Gasteiger partial charge on any atom is -0.372 e. The van der Waals surface area contributed by atoms with Crippen LogP contribution in [0.4, 0.5) is 11.4 Å². The van der Waals surface area contributed by atoms with Crippen molar-refractivity contribution in [1.29, 1.82) is 0 Å². The van der Waals surface area contributed by atoms with Crippen LogP contribution in [0, 0.1) is 13.8 Å². The van der Waals surface area contributed by atoms with E-state index in [1.165, 1.54) is 5.69 Å². The van der Waals surface area contributed by atoms with Gasteiger partial charge in [-0.15, -0.1) is 10.2 Å². The largest absolute Gasteiger partial charge is 0.372 e. The number of benzene rings is 3. The molecule has 7 nitrogen and oxygen atoms in total. The number of carbonyl (C=O) groups is 1. The summed E-state index contributed by atoms with van der Waals surface area (Å²) >= 11 is 11.3. The van der Waals surface area contributed by atoms with E-state index >= 15 is 0 Å². The maximum atomic E-state index is 12.5. The molecule has 0 saturated carbocycles. The molecule has 1 amide bonds. The Balaban J connectivity index is 1.55. The second-order valence-electron chi connectivity index (χ2n) is 8.21. The van der Waals surface area contributed by atoms with Gasteiger partial charge in [0.15, 0.2) is 5.11 Å². The Morgan fingerprint density at radius 1 is 1.00 bits per heavy atom. The Hall–Kier alpha value is -3.49. The van der Waals surface area contributed by atoms with Gasteiger partial charge in [0.1, 0.15) is 11.0 Å². The van der Waals surface area contributed by atoms with Gasteiger partial charge in [-0.1, -0.05) is 17.7 Å². The molecule has 0 radical (unpaired) electrons. The zero-order valence-corrected chi connectivity index (χ0v) is 21.7.